The molecule has 0 bridgehead atoms. The molecule has 0 saturated carbocycles. The van der Waals surface area contributed by atoms with Crippen LogP contribution >= 0.6 is 0 Å². The molecule has 0 radical (unpaired) electrons. The minimum atomic E-state index is 0.487. The summed E-state index contributed by atoms with van der Waals surface area (Å²) in [4.78, 5) is 6.99. The molecule has 1 aliphatic rings. The predicted molar refractivity (Wildman–Crippen MR) is 106 cm³/mol. The summed E-state index contributed by atoms with van der Waals surface area (Å²) < 4.78 is 5.91. The van der Waals surface area contributed by atoms with Gasteiger partial charge in [-0.25, -0.2) is 4.98 Å². The summed E-state index contributed by atoms with van der Waals surface area (Å²) in [6, 6.07) is 11.9. The fourth-order valence-corrected chi connectivity index (χ4v) is 3.38. The lowest BCUT2D eigenvalue weighted by atomic mass is 10.1. The minimum absolute atomic E-state index is 0.487. The van der Waals surface area contributed by atoms with Crippen molar-refractivity contribution in [3.8, 4) is 22.9 Å². The number of anilines is 1. The van der Waals surface area contributed by atoms with Gasteiger partial charge in [0.2, 0.25) is 5.89 Å². The first-order valence-electron chi connectivity index (χ1n) is 9.62. The smallest absolute Gasteiger partial charge is 0.251 e. The van der Waals surface area contributed by atoms with E-state index in [2.05, 4.69) is 32.3 Å². The second-order valence-corrected chi connectivity index (χ2v) is 7.01. The van der Waals surface area contributed by atoms with Gasteiger partial charge in [-0.3, -0.25) is 0 Å². The fourth-order valence-electron chi connectivity index (χ4n) is 3.38. The number of nitrogens with one attached hydrogen (secondary N) is 1. The number of benzene rings is 1. The number of rotatable bonds is 7. The van der Waals surface area contributed by atoms with Crippen LogP contribution in [0.4, 0.5) is 5.82 Å². The Bertz CT molecular complexity index is 868. The van der Waals surface area contributed by atoms with Crippen LogP contribution < -0.4 is 5.32 Å². The van der Waals surface area contributed by atoms with E-state index in [9.17, 15) is 0 Å². The van der Waals surface area contributed by atoms with Gasteiger partial charge in [0.25, 0.3) is 5.89 Å². The summed E-state index contributed by atoms with van der Waals surface area (Å²) in [5.74, 6) is 1.80. The highest BCUT2D eigenvalue weighted by Gasteiger charge is 2.15. The Morgan fingerprint density at radius 3 is 2.63 bits per heavy atom. The van der Waals surface area contributed by atoms with Crippen LogP contribution in [0.25, 0.3) is 22.9 Å². The molecule has 27 heavy (non-hydrogen) atoms. The van der Waals surface area contributed by atoms with Crippen LogP contribution in [0.15, 0.2) is 47.0 Å². The molecule has 1 saturated heterocycles. The third kappa shape index (κ3) is 4.34. The predicted octanol–water partition coefficient (Wildman–Crippen LogP) is 4.00. The average molecular weight is 363 g/mol. The second kappa shape index (κ2) is 8.31. The summed E-state index contributed by atoms with van der Waals surface area (Å²) in [6.45, 7) is 6.53. The van der Waals surface area contributed by atoms with Gasteiger partial charge >= 0.3 is 0 Å². The Balaban J connectivity index is 1.43. The molecular weight excluding hydrogens is 338 g/mol. The summed E-state index contributed by atoms with van der Waals surface area (Å²) in [5, 5.41) is 11.9. The zero-order valence-electron chi connectivity index (χ0n) is 15.7. The van der Waals surface area contributed by atoms with Crippen LogP contribution in [0.3, 0.4) is 0 Å². The molecule has 0 unspecified atom stereocenters. The van der Waals surface area contributed by atoms with Gasteiger partial charge in [-0.05, 0) is 70.1 Å². The van der Waals surface area contributed by atoms with Gasteiger partial charge < -0.3 is 14.6 Å². The van der Waals surface area contributed by atoms with E-state index in [0.717, 1.165) is 36.5 Å². The van der Waals surface area contributed by atoms with Crippen molar-refractivity contribution in [1.29, 1.82) is 0 Å². The van der Waals surface area contributed by atoms with Gasteiger partial charge in [0.1, 0.15) is 5.82 Å². The first-order chi connectivity index (χ1) is 13.3. The zero-order valence-corrected chi connectivity index (χ0v) is 15.7. The van der Waals surface area contributed by atoms with Gasteiger partial charge in [-0.2, -0.15) is 0 Å². The van der Waals surface area contributed by atoms with Crippen molar-refractivity contribution in [2.45, 2.75) is 26.2 Å². The molecule has 2 aromatic heterocycles. The third-order valence-electron chi connectivity index (χ3n) is 4.90. The molecule has 1 fully saturated rings. The first kappa shape index (κ1) is 17.7. The third-order valence-corrected chi connectivity index (χ3v) is 4.90. The summed E-state index contributed by atoms with van der Waals surface area (Å²) >= 11 is 0. The number of likely N-dealkylation sites (tertiary alicyclic amines) is 1. The molecule has 1 aliphatic heterocycles. The Labute approximate surface area is 159 Å². The van der Waals surface area contributed by atoms with E-state index in [1.54, 1.807) is 6.20 Å². The summed E-state index contributed by atoms with van der Waals surface area (Å²) in [7, 11) is 0. The molecular formula is C21H25N5O. The van der Waals surface area contributed by atoms with E-state index >= 15 is 0 Å². The molecule has 0 amide bonds. The number of hydrogen-bond donors (Lipinski definition) is 1. The molecule has 6 heteroatoms. The molecule has 0 atom stereocenters. The topological polar surface area (TPSA) is 67.1 Å². The lowest BCUT2D eigenvalue weighted by Gasteiger charge is -2.14. The minimum Gasteiger partial charge on any atom is -0.416 e. The maximum Gasteiger partial charge on any atom is 0.251 e. The lowest BCUT2D eigenvalue weighted by Crippen LogP contribution is -2.22. The van der Waals surface area contributed by atoms with Gasteiger partial charge in [0.15, 0.2) is 0 Å². The quantitative estimate of drug-likeness (QED) is 0.640. The maximum absolute atomic E-state index is 5.91. The van der Waals surface area contributed by atoms with Crippen molar-refractivity contribution in [2.75, 3.05) is 31.5 Å². The Hall–Kier alpha value is -2.73. The number of aryl methyl sites for hydroxylation is 1. The van der Waals surface area contributed by atoms with Gasteiger partial charge in [0.05, 0.1) is 5.56 Å². The maximum atomic E-state index is 5.91. The molecule has 1 aromatic carbocycles. The van der Waals surface area contributed by atoms with E-state index in [4.69, 9.17) is 4.42 Å². The van der Waals surface area contributed by atoms with E-state index in [1.165, 1.54) is 31.5 Å². The molecule has 3 aromatic rings. The molecule has 4 rings (SSSR count). The molecule has 140 valence electrons. The highest BCUT2D eigenvalue weighted by atomic mass is 16.4. The molecule has 0 aliphatic carbocycles. The molecule has 0 spiro atoms. The van der Waals surface area contributed by atoms with Crippen molar-refractivity contribution < 1.29 is 4.42 Å². The van der Waals surface area contributed by atoms with Crippen molar-refractivity contribution in [1.82, 2.24) is 20.1 Å². The Kier molecular flexibility index (Phi) is 5.44. The second-order valence-electron chi connectivity index (χ2n) is 7.01. The van der Waals surface area contributed by atoms with Gasteiger partial charge in [0, 0.05) is 18.3 Å². The van der Waals surface area contributed by atoms with Crippen molar-refractivity contribution in [2.24, 2.45) is 0 Å². The number of nitrogens with zero attached hydrogens (tertiary/aromatic N) is 4. The number of hydrogen-bond acceptors (Lipinski definition) is 6. The Morgan fingerprint density at radius 2 is 1.81 bits per heavy atom. The van der Waals surface area contributed by atoms with E-state index in [0.29, 0.717) is 11.8 Å². The normalized spacial score (nSPS) is 14.6. The SMILES string of the molecule is Cc1ccc(-c2nnc(-c3cccnc3NCCCN3CCCC3)o2)cc1. The zero-order chi connectivity index (χ0) is 18.5. The lowest BCUT2D eigenvalue weighted by molar-refractivity contribution is 0.337. The molecule has 3 heterocycles. The van der Waals surface area contributed by atoms with Crippen molar-refractivity contribution in [3.63, 3.8) is 0 Å². The highest BCUT2D eigenvalue weighted by molar-refractivity contribution is 5.69. The first-order valence-corrected chi connectivity index (χ1v) is 9.62. The fraction of sp³-hybridized carbons (Fsp3) is 0.381. The van der Waals surface area contributed by atoms with Gasteiger partial charge in [-0.15, -0.1) is 10.2 Å². The van der Waals surface area contributed by atoms with Crippen molar-refractivity contribution in [3.05, 3.63) is 48.2 Å². The Morgan fingerprint density at radius 1 is 1.04 bits per heavy atom. The van der Waals surface area contributed by atoms with Crippen LogP contribution in [-0.4, -0.2) is 46.3 Å². The largest absolute Gasteiger partial charge is 0.416 e. The highest BCUT2D eigenvalue weighted by Crippen LogP contribution is 2.28. The number of pyridine rings is 1. The monoisotopic (exact) mass is 363 g/mol. The number of aromatic nitrogens is 3. The van der Waals surface area contributed by atoms with Crippen LogP contribution in [-0.2, 0) is 0 Å². The van der Waals surface area contributed by atoms with E-state index < -0.39 is 0 Å². The molecule has 1 N–H and O–H groups in total. The van der Waals surface area contributed by atoms with Crippen LogP contribution in [0.1, 0.15) is 24.8 Å². The van der Waals surface area contributed by atoms with Gasteiger partial charge in [-0.1, -0.05) is 17.7 Å². The van der Waals surface area contributed by atoms with Crippen molar-refractivity contribution >= 4 is 5.82 Å². The van der Waals surface area contributed by atoms with Crippen LogP contribution in [0, 0.1) is 6.92 Å². The standard InChI is InChI=1S/C21H25N5O/c1-16-7-9-17(10-8-16)20-24-25-21(27-20)18-6-4-11-22-19(18)23-12-5-15-26-13-2-3-14-26/h4,6-11H,2-3,5,12-15H2,1H3,(H,22,23). The van der Waals surface area contributed by atoms with E-state index in [1.807, 2.05) is 36.4 Å². The van der Waals surface area contributed by atoms with Crippen LogP contribution in [0.2, 0.25) is 0 Å². The average Bonchev–Trinajstić information content (AvgIpc) is 3.38. The van der Waals surface area contributed by atoms with Crippen LogP contribution in [0.5, 0.6) is 0 Å². The molecule has 6 nitrogen and oxygen atoms in total. The van der Waals surface area contributed by atoms with E-state index in [-0.39, 0.29) is 0 Å². The summed E-state index contributed by atoms with van der Waals surface area (Å²) in [6.07, 6.45) is 5.54. The summed E-state index contributed by atoms with van der Waals surface area (Å²) in [5.41, 5.74) is 2.96.